The summed E-state index contributed by atoms with van der Waals surface area (Å²) in [5, 5.41) is 12.6. The lowest BCUT2D eigenvalue weighted by molar-refractivity contribution is 0.228. The zero-order valence-electron chi connectivity index (χ0n) is 14.1. The number of hydrogen-bond acceptors (Lipinski definition) is 5. The highest BCUT2D eigenvalue weighted by Gasteiger charge is 2.23. The minimum atomic E-state index is -0.274. The molecule has 1 atom stereocenters. The molecule has 3 aromatic rings. The Morgan fingerprint density at radius 1 is 1.32 bits per heavy atom. The molecule has 0 radical (unpaired) electrons. The first-order valence-electron chi connectivity index (χ1n) is 8.50. The summed E-state index contributed by atoms with van der Waals surface area (Å²) in [7, 11) is 0. The molecule has 0 aliphatic carbocycles. The molecule has 7 heteroatoms. The summed E-state index contributed by atoms with van der Waals surface area (Å²) in [6.45, 7) is 4.40. The van der Waals surface area contributed by atoms with Crippen molar-refractivity contribution < 1.29 is 9.13 Å². The lowest BCUT2D eigenvalue weighted by Gasteiger charge is -2.34. The number of anilines is 1. The van der Waals surface area contributed by atoms with Crippen molar-refractivity contribution >= 4 is 11.3 Å². The number of piperidine rings is 1. The van der Waals surface area contributed by atoms with Crippen LogP contribution >= 0.6 is 0 Å². The molecule has 1 aromatic carbocycles. The first-order valence-corrected chi connectivity index (χ1v) is 8.50. The Morgan fingerprint density at radius 3 is 3.12 bits per heavy atom. The predicted molar refractivity (Wildman–Crippen MR) is 92.4 cm³/mol. The fraction of sp³-hybridized carbons (Fsp3) is 0.389. The summed E-state index contributed by atoms with van der Waals surface area (Å²) in [4.78, 5) is 2.32. The summed E-state index contributed by atoms with van der Waals surface area (Å²) in [6, 6.07) is 8.35. The number of benzene rings is 1. The van der Waals surface area contributed by atoms with E-state index in [0.717, 1.165) is 43.0 Å². The van der Waals surface area contributed by atoms with Crippen LogP contribution in [-0.2, 0) is 0 Å². The number of ether oxygens (including phenoxy) is 1. The Bertz CT molecular complexity index is 881. The predicted octanol–water partition coefficient (Wildman–Crippen LogP) is 2.87. The molecule has 0 saturated carbocycles. The standard InChI is InChI=1S/C18H20FN5O/c1-13-8-17(18-21-20-12-24(18)22-13)23-7-3-4-14(10-23)11-25-16-6-2-5-15(19)9-16/h2,5-6,8-9,12,14H,3-4,7,10-11H2,1H3. The van der Waals surface area contributed by atoms with Crippen LogP contribution in [0.15, 0.2) is 36.7 Å². The topological polar surface area (TPSA) is 55.5 Å². The van der Waals surface area contributed by atoms with Crippen LogP contribution in [0.4, 0.5) is 10.1 Å². The van der Waals surface area contributed by atoms with E-state index in [1.807, 2.05) is 6.92 Å². The maximum atomic E-state index is 13.3. The van der Waals surface area contributed by atoms with Gasteiger partial charge in [-0.2, -0.15) is 9.61 Å². The van der Waals surface area contributed by atoms with Crippen molar-refractivity contribution in [3.05, 3.63) is 48.2 Å². The van der Waals surface area contributed by atoms with E-state index in [0.29, 0.717) is 18.3 Å². The van der Waals surface area contributed by atoms with Gasteiger partial charge in [0.25, 0.3) is 0 Å². The third-order valence-corrected chi connectivity index (χ3v) is 4.51. The third kappa shape index (κ3) is 3.40. The van der Waals surface area contributed by atoms with Gasteiger partial charge in [-0.1, -0.05) is 6.07 Å². The minimum absolute atomic E-state index is 0.274. The quantitative estimate of drug-likeness (QED) is 0.730. The molecule has 1 aliphatic rings. The first-order chi connectivity index (χ1) is 12.2. The highest BCUT2D eigenvalue weighted by atomic mass is 19.1. The molecular formula is C18H20FN5O. The van der Waals surface area contributed by atoms with Gasteiger partial charge in [0.15, 0.2) is 0 Å². The van der Waals surface area contributed by atoms with Crippen molar-refractivity contribution in [1.29, 1.82) is 0 Å². The van der Waals surface area contributed by atoms with E-state index < -0.39 is 0 Å². The van der Waals surface area contributed by atoms with E-state index in [1.165, 1.54) is 12.1 Å². The van der Waals surface area contributed by atoms with E-state index in [9.17, 15) is 4.39 Å². The molecule has 6 nitrogen and oxygen atoms in total. The lowest BCUT2D eigenvalue weighted by atomic mass is 9.98. The number of nitrogens with zero attached hydrogens (tertiary/aromatic N) is 5. The van der Waals surface area contributed by atoms with Gasteiger partial charge in [0.1, 0.15) is 17.9 Å². The fourth-order valence-corrected chi connectivity index (χ4v) is 3.36. The summed E-state index contributed by atoms with van der Waals surface area (Å²) in [5.74, 6) is 0.689. The van der Waals surface area contributed by atoms with Crippen molar-refractivity contribution in [2.45, 2.75) is 19.8 Å². The SMILES string of the molecule is Cc1cc(N2CCCC(COc3cccc(F)c3)C2)c2nncn2n1. The Labute approximate surface area is 145 Å². The van der Waals surface area contributed by atoms with E-state index in [1.54, 1.807) is 23.0 Å². The molecule has 1 fully saturated rings. The number of hydrogen-bond donors (Lipinski definition) is 0. The van der Waals surface area contributed by atoms with Gasteiger partial charge >= 0.3 is 0 Å². The number of aromatic nitrogens is 4. The summed E-state index contributed by atoms with van der Waals surface area (Å²) >= 11 is 0. The number of halogens is 1. The van der Waals surface area contributed by atoms with E-state index >= 15 is 0 Å². The van der Waals surface area contributed by atoms with E-state index in [4.69, 9.17) is 4.74 Å². The van der Waals surface area contributed by atoms with Crippen molar-refractivity contribution in [3.8, 4) is 5.75 Å². The molecule has 4 rings (SSSR count). The van der Waals surface area contributed by atoms with Crippen LogP contribution in [0, 0.1) is 18.7 Å². The average Bonchev–Trinajstić information content (AvgIpc) is 3.08. The van der Waals surface area contributed by atoms with Gasteiger partial charge in [0, 0.05) is 25.1 Å². The van der Waals surface area contributed by atoms with Crippen molar-refractivity contribution in [2.24, 2.45) is 5.92 Å². The Balaban J connectivity index is 1.48. The molecule has 2 aromatic heterocycles. The van der Waals surface area contributed by atoms with Crippen LogP contribution in [0.2, 0.25) is 0 Å². The molecule has 0 amide bonds. The van der Waals surface area contributed by atoms with Crippen LogP contribution in [0.1, 0.15) is 18.5 Å². The second kappa shape index (κ2) is 6.66. The van der Waals surface area contributed by atoms with Crippen LogP contribution in [0.3, 0.4) is 0 Å². The first kappa shape index (κ1) is 15.8. The molecule has 1 saturated heterocycles. The molecule has 0 N–H and O–H groups in total. The maximum absolute atomic E-state index is 13.3. The van der Waals surface area contributed by atoms with Crippen molar-refractivity contribution in [3.63, 3.8) is 0 Å². The summed E-state index contributed by atoms with van der Waals surface area (Å²) < 4.78 is 20.8. The minimum Gasteiger partial charge on any atom is -0.493 e. The molecule has 0 bridgehead atoms. The Morgan fingerprint density at radius 2 is 2.24 bits per heavy atom. The normalized spacial score (nSPS) is 17.8. The molecule has 25 heavy (non-hydrogen) atoms. The highest BCUT2D eigenvalue weighted by molar-refractivity contribution is 5.68. The molecule has 130 valence electrons. The number of aryl methyl sites for hydroxylation is 1. The monoisotopic (exact) mass is 341 g/mol. The van der Waals surface area contributed by atoms with Crippen LogP contribution in [0.5, 0.6) is 5.75 Å². The smallest absolute Gasteiger partial charge is 0.200 e. The van der Waals surface area contributed by atoms with Gasteiger partial charge in [-0.05, 0) is 38.0 Å². The largest absolute Gasteiger partial charge is 0.493 e. The Kier molecular flexibility index (Phi) is 4.21. The van der Waals surface area contributed by atoms with Gasteiger partial charge in [-0.3, -0.25) is 0 Å². The molecule has 0 spiro atoms. The third-order valence-electron chi connectivity index (χ3n) is 4.51. The maximum Gasteiger partial charge on any atom is 0.200 e. The van der Waals surface area contributed by atoms with Gasteiger partial charge in [0.2, 0.25) is 5.65 Å². The van der Waals surface area contributed by atoms with Crippen LogP contribution in [0.25, 0.3) is 5.65 Å². The second-order valence-corrected chi connectivity index (χ2v) is 6.49. The van der Waals surface area contributed by atoms with E-state index in [-0.39, 0.29) is 5.82 Å². The van der Waals surface area contributed by atoms with Gasteiger partial charge in [0.05, 0.1) is 18.0 Å². The fourth-order valence-electron chi connectivity index (χ4n) is 3.36. The second-order valence-electron chi connectivity index (χ2n) is 6.49. The van der Waals surface area contributed by atoms with Crippen molar-refractivity contribution in [2.75, 3.05) is 24.6 Å². The molecule has 1 unspecified atom stereocenters. The van der Waals surface area contributed by atoms with Crippen molar-refractivity contribution in [1.82, 2.24) is 19.8 Å². The van der Waals surface area contributed by atoms with Gasteiger partial charge in [-0.15, -0.1) is 10.2 Å². The number of rotatable bonds is 4. The zero-order valence-corrected chi connectivity index (χ0v) is 14.1. The summed E-state index contributed by atoms with van der Waals surface area (Å²) in [6.07, 6.45) is 3.80. The highest BCUT2D eigenvalue weighted by Crippen LogP contribution is 2.27. The zero-order chi connectivity index (χ0) is 17.2. The van der Waals surface area contributed by atoms with E-state index in [2.05, 4.69) is 26.3 Å². The molecular weight excluding hydrogens is 321 g/mol. The lowest BCUT2D eigenvalue weighted by Crippen LogP contribution is -2.38. The van der Waals surface area contributed by atoms with Gasteiger partial charge < -0.3 is 9.64 Å². The molecule has 1 aliphatic heterocycles. The summed E-state index contributed by atoms with van der Waals surface area (Å²) in [5.41, 5.74) is 2.76. The van der Waals surface area contributed by atoms with Crippen LogP contribution < -0.4 is 9.64 Å². The molecule has 3 heterocycles. The van der Waals surface area contributed by atoms with Crippen LogP contribution in [-0.4, -0.2) is 39.5 Å². The number of fused-ring (bicyclic) bond motifs is 1. The Hall–Kier alpha value is -2.70. The average molecular weight is 341 g/mol. The van der Waals surface area contributed by atoms with Gasteiger partial charge in [-0.25, -0.2) is 4.39 Å².